The first-order valence-corrected chi connectivity index (χ1v) is 8.99. The standard InChI is InChI=1S/C19H22Cl2N2O2/c1-3-9-25-19-17(21)10-14(11-18(19)24-4-2)12-22-23-13-15-7-5-6-8-16(15)20/h5-8,10-12,23H,3-4,9,13H2,1-2H3/b22-12-. The van der Waals surface area contributed by atoms with Crippen molar-refractivity contribution in [1.82, 2.24) is 5.43 Å². The Hall–Kier alpha value is -1.91. The molecule has 0 bridgehead atoms. The van der Waals surface area contributed by atoms with E-state index in [4.69, 9.17) is 32.7 Å². The van der Waals surface area contributed by atoms with Gasteiger partial charge in [-0.15, -0.1) is 0 Å². The molecule has 0 aliphatic rings. The highest BCUT2D eigenvalue weighted by Gasteiger charge is 2.11. The maximum Gasteiger partial charge on any atom is 0.179 e. The van der Waals surface area contributed by atoms with Crippen LogP contribution in [0.4, 0.5) is 0 Å². The van der Waals surface area contributed by atoms with Gasteiger partial charge in [-0.1, -0.05) is 48.3 Å². The van der Waals surface area contributed by atoms with Crippen LogP contribution in [0.2, 0.25) is 10.0 Å². The Balaban J connectivity index is 2.06. The second kappa shape index (κ2) is 10.2. The molecule has 4 nitrogen and oxygen atoms in total. The van der Waals surface area contributed by atoms with Crippen LogP contribution >= 0.6 is 23.2 Å². The lowest BCUT2D eigenvalue weighted by atomic mass is 10.2. The van der Waals surface area contributed by atoms with Gasteiger partial charge in [0, 0.05) is 5.02 Å². The minimum absolute atomic E-state index is 0.506. The molecule has 0 aromatic heterocycles. The summed E-state index contributed by atoms with van der Waals surface area (Å²) >= 11 is 12.4. The molecule has 0 heterocycles. The van der Waals surface area contributed by atoms with Crippen molar-refractivity contribution in [3.05, 3.63) is 57.6 Å². The van der Waals surface area contributed by atoms with Crippen molar-refractivity contribution in [2.45, 2.75) is 26.8 Å². The monoisotopic (exact) mass is 380 g/mol. The second-order valence-corrected chi connectivity index (χ2v) is 6.11. The summed E-state index contributed by atoms with van der Waals surface area (Å²) in [5.41, 5.74) is 4.79. The molecule has 0 saturated carbocycles. The van der Waals surface area contributed by atoms with Gasteiger partial charge in [0.1, 0.15) is 0 Å². The van der Waals surface area contributed by atoms with Gasteiger partial charge in [-0.25, -0.2) is 0 Å². The van der Waals surface area contributed by atoms with E-state index in [1.54, 1.807) is 12.3 Å². The zero-order chi connectivity index (χ0) is 18.1. The molecule has 25 heavy (non-hydrogen) atoms. The van der Waals surface area contributed by atoms with Crippen LogP contribution in [-0.4, -0.2) is 19.4 Å². The predicted octanol–water partition coefficient (Wildman–Crippen LogP) is 5.30. The van der Waals surface area contributed by atoms with E-state index in [1.807, 2.05) is 44.2 Å². The molecule has 0 fully saturated rings. The molecule has 2 aromatic carbocycles. The van der Waals surface area contributed by atoms with E-state index < -0.39 is 0 Å². The number of halogens is 2. The van der Waals surface area contributed by atoms with Crippen molar-refractivity contribution >= 4 is 29.4 Å². The smallest absolute Gasteiger partial charge is 0.179 e. The Morgan fingerprint density at radius 3 is 2.60 bits per heavy atom. The SMILES string of the molecule is CCCOc1c(Cl)cc(/C=N\NCc2ccccc2Cl)cc1OCC. The molecule has 6 heteroatoms. The van der Waals surface area contributed by atoms with Crippen molar-refractivity contribution in [1.29, 1.82) is 0 Å². The van der Waals surface area contributed by atoms with Crippen LogP contribution in [0.5, 0.6) is 11.5 Å². The van der Waals surface area contributed by atoms with Gasteiger partial charge in [-0.2, -0.15) is 5.10 Å². The summed E-state index contributed by atoms with van der Waals surface area (Å²) in [5.74, 6) is 1.20. The molecule has 2 rings (SSSR count). The zero-order valence-corrected chi connectivity index (χ0v) is 15.9. The maximum atomic E-state index is 6.33. The number of hydrogen-bond acceptors (Lipinski definition) is 4. The summed E-state index contributed by atoms with van der Waals surface area (Å²) in [4.78, 5) is 0. The Morgan fingerprint density at radius 2 is 1.88 bits per heavy atom. The summed E-state index contributed by atoms with van der Waals surface area (Å²) < 4.78 is 11.3. The summed E-state index contributed by atoms with van der Waals surface area (Å²) in [6, 6.07) is 11.3. The Kier molecular flexibility index (Phi) is 7.89. The largest absolute Gasteiger partial charge is 0.490 e. The van der Waals surface area contributed by atoms with E-state index in [-0.39, 0.29) is 0 Å². The number of ether oxygens (including phenoxy) is 2. The fourth-order valence-electron chi connectivity index (χ4n) is 2.16. The van der Waals surface area contributed by atoms with E-state index in [2.05, 4.69) is 10.5 Å². The van der Waals surface area contributed by atoms with Crippen LogP contribution in [0.3, 0.4) is 0 Å². The summed E-state index contributed by atoms with van der Waals surface area (Å²) in [7, 11) is 0. The van der Waals surface area contributed by atoms with Gasteiger partial charge >= 0.3 is 0 Å². The molecule has 0 amide bonds. The lowest BCUT2D eigenvalue weighted by Gasteiger charge is -2.13. The van der Waals surface area contributed by atoms with E-state index in [0.717, 1.165) is 17.5 Å². The van der Waals surface area contributed by atoms with E-state index in [0.29, 0.717) is 41.3 Å². The van der Waals surface area contributed by atoms with Crippen LogP contribution < -0.4 is 14.9 Å². The van der Waals surface area contributed by atoms with Gasteiger partial charge in [0.15, 0.2) is 11.5 Å². The van der Waals surface area contributed by atoms with Gasteiger partial charge in [0.2, 0.25) is 0 Å². The molecule has 2 aromatic rings. The van der Waals surface area contributed by atoms with Crippen LogP contribution in [0.25, 0.3) is 0 Å². The maximum absolute atomic E-state index is 6.33. The first kappa shape index (κ1) is 19.4. The molecule has 0 spiro atoms. The van der Waals surface area contributed by atoms with Gasteiger partial charge in [0.25, 0.3) is 0 Å². The van der Waals surface area contributed by atoms with Crippen LogP contribution in [0, 0.1) is 0 Å². The Bertz CT molecular complexity index is 721. The molecular formula is C19H22Cl2N2O2. The summed E-state index contributed by atoms with van der Waals surface area (Å²) in [5, 5.41) is 5.44. The van der Waals surface area contributed by atoms with E-state index in [9.17, 15) is 0 Å². The molecule has 0 aliphatic carbocycles. The van der Waals surface area contributed by atoms with Gasteiger partial charge in [-0.3, -0.25) is 0 Å². The average Bonchev–Trinajstić information content (AvgIpc) is 2.60. The van der Waals surface area contributed by atoms with E-state index in [1.165, 1.54) is 0 Å². The molecule has 0 radical (unpaired) electrons. The van der Waals surface area contributed by atoms with Crippen LogP contribution in [-0.2, 0) is 6.54 Å². The van der Waals surface area contributed by atoms with Crippen LogP contribution in [0.15, 0.2) is 41.5 Å². The lowest BCUT2D eigenvalue weighted by Crippen LogP contribution is -2.06. The van der Waals surface area contributed by atoms with Gasteiger partial charge in [0.05, 0.1) is 31.0 Å². The minimum Gasteiger partial charge on any atom is -0.490 e. The summed E-state index contributed by atoms with van der Waals surface area (Å²) in [6.07, 6.45) is 2.59. The third-order valence-corrected chi connectivity index (χ3v) is 3.96. The highest BCUT2D eigenvalue weighted by atomic mass is 35.5. The highest BCUT2D eigenvalue weighted by Crippen LogP contribution is 2.36. The number of hydrogen-bond donors (Lipinski definition) is 1. The molecule has 134 valence electrons. The molecule has 0 aliphatic heterocycles. The number of hydrazone groups is 1. The predicted molar refractivity (Wildman–Crippen MR) is 104 cm³/mol. The number of rotatable bonds is 9. The number of benzene rings is 2. The Labute approximate surface area is 158 Å². The first-order valence-electron chi connectivity index (χ1n) is 8.24. The van der Waals surface area contributed by atoms with Crippen molar-refractivity contribution in [2.75, 3.05) is 13.2 Å². The third kappa shape index (κ3) is 5.83. The molecule has 0 unspecified atom stereocenters. The zero-order valence-electron chi connectivity index (χ0n) is 14.4. The second-order valence-electron chi connectivity index (χ2n) is 5.30. The minimum atomic E-state index is 0.506. The quantitative estimate of drug-likeness (QED) is 0.473. The molecular weight excluding hydrogens is 359 g/mol. The molecule has 0 atom stereocenters. The molecule has 0 saturated heterocycles. The Morgan fingerprint density at radius 1 is 1.08 bits per heavy atom. The van der Waals surface area contributed by atoms with Gasteiger partial charge in [-0.05, 0) is 42.7 Å². The highest BCUT2D eigenvalue weighted by molar-refractivity contribution is 6.32. The van der Waals surface area contributed by atoms with Crippen molar-refractivity contribution in [3.63, 3.8) is 0 Å². The number of nitrogens with zero attached hydrogens (tertiary/aromatic N) is 1. The van der Waals surface area contributed by atoms with Crippen molar-refractivity contribution < 1.29 is 9.47 Å². The van der Waals surface area contributed by atoms with Crippen LogP contribution in [0.1, 0.15) is 31.4 Å². The molecule has 1 N–H and O–H groups in total. The topological polar surface area (TPSA) is 42.8 Å². The van der Waals surface area contributed by atoms with E-state index >= 15 is 0 Å². The lowest BCUT2D eigenvalue weighted by molar-refractivity contribution is 0.277. The van der Waals surface area contributed by atoms with Crippen molar-refractivity contribution in [3.8, 4) is 11.5 Å². The third-order valence-electron chi connectivity index (χ3n) is 3.31. The average molecular weight is 381 g/mol. The number of nitrogens with one attached hydrogen (secondary N) is 1. The van der Waals surface area contributed by atoms with Gasteiger partial charge < -0.3 is 14.9 Å². The summed E-state index contributed by atoms with van der Waals surface area (Å²) in [6.45, 7) is 5.63. The fraction of sp³-hybridized carbons (Fsp3) is 0.316. The normalized spacial score (nSPS) is 10.9. The van der Waals surface area contributed by atoms with Crippen molar-refractivity contribution in [2.24, 2.45) is 5.10 Å². The first-order chi connectivity index (χ1) is 12.2. The fourth-order valence-corrected chi connectivity index (χ4v) is 2.64.